The first-order valence-corrected chi connectivity index (χ1v) is 8.79. The van der Waals surface area contributed by atoms with E-state index in [1.807, 2.05) is 42.5 Å². The van der Waals surface area contributed by atoms with E-state index in [4.69, 9.17) is 4.74 Å². The SMILES string of the molecule is O=C(CCC(=O)OCc1ccccc1)NC1CCCc2ccccc21. The molecule has 1 atom stereocenters. The van der Waals surface area contributed by atoms with Crippen molar-refractivity contribution in [3.63, 3.8) is 0 Å². The van der Waals surface area contributed by atoms with Gasteiger partial charge >= 0.3 is 5.97 Å². The van der Waals surface area contributed by atoms with Crippen LogP contribution in [-0.2, 0) is 27.4 Å². The maximum absolute atomic E-state index is 12.2. The number of rotatable bonds is 6. The fourth-order valence-electron chi connectivity index (χ4n) is 3.20. The third kappa shape index (κ3) is 4.92. The second-order valence-corrected chi connectivity index (χ2v) is 6.36. The van der Waals surface area contributed by atoms with Gasteiger partial charge in [-0.2, -0.15) is 0 Å². The molecular formula is C21H23NO3. The number of nitrogens with one attached hydrogen (secondary N) is 1. The third-order valence-electron chi connectivity index (χ3n) is 4.50. The number of carbonyl (C=O) groups is 2. The van der Waals surface area contributed by atoms with Crippen LogP contribution in [0.2, 0.25) is 0 Å². The van der Waals surface area contributed by atoms with Gasteiger partial charge < -0.3 is 10.1 Å². The fourth-order valence-corrected chi connectivity index (χ4v) is 3.20. The molecule has 1 N–H and O–H groups in total. The van der Waals surface area contributed by atoms with Crippen LogP contribution in [0.5, 0.6) is 0 Å². The Balaban J connectivity index is 1.43. The molecule has 0 aliphatic heterocycles. The lowest BCUT2D eigenvalue weighted by molar-refractivity contribution is -0.146. The monoisotopic (exact) mass is 337 g/mol. The largest absolute Gasteiger partial charge is 0.461 e. The summed E-state index contributed by atoms with van der Waals surface area (Å²) in [5.74, 6) is -0.443. The molecule has 130 valence electrons. The van der Waals surface area contributed by atoms with Crippen LogP contribution in [0, 0.1) is 0 Å². The van der Waals surface area contributed by atoms with Gasteiger partial charge in [-0.25, -0.2) is 0 Å². The third-order valence-corrected chi connectivity index (χ3v) is 4.50. The number of ether oxygens (including phenoxy) is 1. The summed E-state index contributed by atoms with van der Waals surface area (Å²) in [5.41, 5.74) is 3.45. The Bertz CT molecular complexity index is 727. The number of aryl methyl sites for hydroxylation is 1. The van der Waals surface area contributed by atoms with Crippen LogP contribution < -0.4 is 5.32 Å². The Morgan fingerprint density at radius 3 is 2.60 bits per heavy atom. The van der Waals surface area contributed by atoms with Crippen molar-refractivity contribution in [2.24, 2.45) is 0 Å². The summed E-state index contributed by atoms with van der Waals surface area (Å²) in [6, 6.07) is 17.8. The van der Waals surface area contributed by atoms with E-state index in [0.717, 1.165) is 24.8 Å². The average Bonchev–Trinajstić information content (AvgIpc) is 2.66. The quantitative estimate of drug-likeness (QED) is 0.818. The molecule has 0 radical (unpaired) electrons. The van der Waals surface area contributed by atoms with Gasteiger partial charge in [-0.1, -0.05) is 54.6 Å². The Labute approximate surface area is 148 Å². The molecule has 4 heteroatoms. The molecule has 3 rings (SSSR count). The molecule has 4 nitrogen and oxygen atoms in total. The molecule has 1 amide bonds. The molecule has 25 heavy (non-hydrogen) atoms. The summed E-state index contributed by atoms with van der Waals surface area (Å²) in [6.45, 7) is 0.247. The van der Waals surface area contributed by atoms with Gasteiger partial charge in [0.05, 0.1) is 12.5 Å². The summed E-state index contributed by atoms with van der Waals surface area (Å²) in [7, 11) is 0. The van der Waals surface area contributed by atoms with E-state index in [9.17, 15) is 9.59 Å². The van der Waals surface area contributed by atoms with Crippen LogP contribution >= 0.6 is 0 Å². The molecule has 0 fully saturated rings. The number of esters is 1. The predicted octanol–water partition coefficient (Wildman–Crippen LogP) is 3.70. The normalized spacial score (nSPS) is 15.9. The van der Waals surface area contributed by atoms with Crippen LogP contribution in [0.15, 0.2) is 54.6 Å². The van der Waals surface area contributed by atoms with Gasteiger partial charge in [0, 0.05) is 6.42 Å². The summed E-state index contributed by atoms with van der Waals surface area (Å²) in [5, 5.41) is 3.06. The van der Waals surface area contributed by atoms with Crippen molar-refractivity contribution < 1.29 is 14.3 Å². The lowest BCUT2D eigenvalue weighted by atomic mass is 9.87. The van der Waals surface area contributed by atoms with Crippen molar-refractivity contribution in [2.75, 3.05) is 0 Å². The molecule has 0 saturated carbocycles. The first-order chi connectivity index (χ1) is 12.2. The second kappa shape index (κ2) is 8.47. The van der Waals surface area contributed by atoms with E-state index in [0.29, 0.717) is 0 Å². The molecule has 0 heterocycles. The summed E-state index contributed by atoms with van der Waals surface area (Å²) in [4.78, 5) is 24.0. The van der Waals surface area contributed by atoms with Crippen LogP contribution in [0.1, 0.15) is 48.4 Å². The predicted molar refractivity (Wildman–Crippen MR) is 95.7 cm³/mol. The van der Waals surface area contributed by atoms with Gasteiger partial charge in [0.15, 0.2) is 0 Å². The second-order valence-electron chi connectivity index (χ2n) is 6.36. The highest BCUT2D eigenvalue weighted by atomic mass is 16.5. The zero-order valence-electron chi connectivity index (χ0n) is 14.2. The zero-order chi connectivity index (χ0) is 17.5. The van der Waals surface area contributed by atoms with Crippen molar-refractivity contribution in [3.8, 4) is 0 Å². The smallest absolute Gasteiger partial charge is 0.306 e. The number of carbonyl (C=O) groups excluding carboxylic acids is 2. The molecule has 0 saturated heterocycles. The lowest BCUT2D eigenvalue weighted by Gasteiger charge is -2.26. The van der Waals surface area contributed by atoms with Gasteiger partial charge in [0.1, 0.15) is 6.61 Å². The lowest BCUT2D eigenvalue weighted by Crippen LogP contribution is -2.31. The molecule has 0 aromatic heterocycles. The van der Waals surface area contributed by atoms with E-state index in [1.54, 1.807) is 0 Å². The minimum absolute atomic E-state index is 0.0535. The van der Waals surface area contributed by atoms with Crippen LogP contribution in [0.25, 0.3) is 0 Å². The number of benzene rings is 2. The van der Waals surface area contributed by atoms with E-state index < -0.39 is 0 Å². The Morgan fingerprint density at radius 2 is 1.76 bits per heavy atom. The van der Waals surface area contributed by atoms with Gasteiger partial charge in [-0.15, -0.1) is 0 Å². The van der Waals surface area contributed by atoms with E-state index >= 15 is 0 Å². The molecule has 2 aromatic carbocycles. The molecule has 1 aliphatic carbocycles. The highest BCUT2D eigenvalue weighted by Gasteiger charge is 2.21. The fraction of sp³-hybridized carbons (Fsp3) is 0.333. The standard InChI is InChI=1S/C21H23NO3/c23-20(13-14-21(24)25-15-16-7-2-1-3-8-16)22-19-12-6-10-17-9-4-5-11-18(17)19/h1-5,7-9,11,19H,6,10,12-15H2,(H,22,23). The van der Waals surface area contributed by atoms with Crippen molar-refractivity contribution in [2.45, 2.75) is 44.8 Å². The number of fused-ring (bicyclic) bond motifs is 1. The molecule has 0 spiro atoms. The molecule has 2 aromatic rings. The van der Waals surface area contributed by atoms with E-state index in [2.05, 4.69) is 17.4 Å². The highest BCUT2D eigenvalue weighted by molar-refractivity contribution is 5.81. The topological polar surface area (TPSA) is 55.4 Å². The van der Waals surface area contributed by atoms with Crippen LogP contribution in [0.3, 0.4) is 0 Å². The zero-order valence-corrected chi connectivity index (χ0v) is 14.2. The first kappa shape index (κ1) is 17.2. The van der Waals surface area contributed by atoms with Gasteiger partial charge in [-0.05, 0) is 36.0 Å². The van der Waals surface area contributed by atoms with Crippen LogP contribution in [0.4, 0.5) is 0 Å². The van der Waals surface area contributed by atoms with Gasteiger partial charge in [0.2, 0.25) is 5.91 Å². The Kier molecular flexibility index (Phi) is 5.83. The summed E-state index contributed by atoms with van der Waals surface area (Å²) >= 11 is 0. The van der Waals surface area contributed by atoms with Crippen molar-refractivity contribution in [1.29, 1.82) is 0 Å². The minimum atomic E-state index is -0.344. The Morgan fingerprint density at radius 1 is 1.00 bits per heavy atom. The first-order valence-electron chi connectivity index (χ1n) is 8.79. The van der Waals surface area contributed by atoms with E-state index in [-0.39, 0.29) is 37.4 Å². The number of hydrogen-bond acceptors (Lipinski definition) is 3. The molecule has 1 unspecified atom stereocenters. The van der Waals surface area contributed by atoms with Crippen molar-refractivity contribution in [1.82, 2.24) is 5.32 Å². The van der Waals surface area contributed by atoms with E-state index in [1.165, 1.54) is 11.1 Å². The minimum Gasteiger partial charge on any atom is -0.461 e. The van der Waals surface area contributed by atoms with Crippen molar-refractivity contribution in [3.05, 3.63) is 71.3 Å². The molecule has 1 aliphatic rings. The Hall–Kier alpha value is -2.62. The van der Waals surface area contributed by atoms with Crippen LogP contribution in [-0.4, -0.2) is 11.9 Å². The molecular weight excluding hydrogens is 314 g/mol. The summed E-state index contributed by atoms with van der Waals surface area (Å²) < 4.78 is 5.21. The maximum Gasteiger partial charge on any atom is 0.306 e. The average molecular weight is 337 g/mol. The molecule has 0 bridgehead atoms. The maximum atomic E-state index is 12.2. The highest BCUT2D eigenvalue weighted by Crippen LogP contribution is 2.29. The van der Waals surface area contributed by atoms with Gasteiger partial charge in [0.25, 0.3) is 0 Å². The number of hydrogen-bond donors (Lipinski definition) is 1. The van der Waals surface area contributed by atoms with Crippen molar-refractivity contribution >= 4 is 11.9 Å². The number of amides is 1. The van der Waals surface area contributed by atoms with Gasteiger partial charge in [-0.3, -0.25) is 9.59 Å². The summed E-state index contributed by atoms with van der Waals surface area (Å²) in [6.07, 6.45) is 3.34.